The molecule has 31 heavy (non-hydrogen) atoms. The van der Waals surface area contributed by atoms with Crippen molar-refractivity contribution in [3.05, 3.63) is 63.2 Å². The Morgan fingerprint density at radius 2 is 1.90 bits per heavy atom. The number of amides is 3. The highest BCUT2D eigenvalue weighted by Crippen LogP contribution is 2.40. The van der Waals surface area contributed by atoms with E-state index in [1.807, 2.05) is 48.7 Å². The molecule has 3 amide bonds. The van der Waals surface area contributed by atoms with Crippen LogP contribution in [-0.4, -0.2) is 35.7 Å². The van der Waals surface area contributed by atoms with Gasteiger partial charge in [-0.05, 0) is 36.8 Å². The second kappa shape index (κ2) is 9.03. The third-order valence-corrected chi connectivity index (χ3v) is 7.32. The highest BCUT2D eigenvalue weighted by Gasteiger charge is 2.31. The summed E-state index contributed by atoms with van der Waals surface area (Å²) in [6.07, 6.45) is 1.46. The lowest BCUT2D eigenvalue weighted by Gasteiger charge is -2.31. The first kappa shape index (κ1) is 21.3. The summed E-state index contributed by atoms with van der Waals surface area (Å²) in [5.41, 5.74) is 7.68. The maximum absolute atomic E-state index is 13.1. The van der Waals surface area contributed by atoms with Crippen LogP contribution < -0.4 is 11.1 Å². The maximum atomic E-state index is 13.1. The van der Waals surface area contributed by atoms with E-state index in [2.05, 4.69) is 5.32 Å². The Morgan fingerprint density at radius 3 is 2.58 bits per heavy atom. The molecule has 0 saturated carbocycles. The topological polar surface area (TPSA) is 92.5 Å². The number of anilines is 1. The number of nitrogens with two attached hydrogens (primary N) is 1. The number of hydrogen-bond acceptors (Lipinski definition) is 5. The largest absolute Gasteiger partial charge is 0.365 e. The second-order valence-electron chi connectivity index (χ2n) is 7.52. The van der Waals surface area contributed by atoms with Crippen molar-refractivity contribution in [3.63, 3.8) is 0 Å². The third-order valence-electron chi connectivity index (χ3n) is 5.44. The minimum absolute atomic E-state index is 0.0383. The van der Waals surface area contributed by atoms with E-state index >= 15 is 0 Å². The van der Waals surface area contributed by atoms with Gasteiger partial charge in [-0.3, -0.25) is 14.4 Å². The fourth-order valence-corrected chi connectivity index (χ4v) is 5.74. The van der Waals surface area contributed by atoms with Crippen molar-refractivity contribution < 1.29 is 14.4 Å². The first-order valence-electron chi connectivity index (χ1n) is 10.1. The fourth-order valence-electron chi connectivity index (χ4n) is 3.97. The van der Waals surface area contributed by atoms with Gasteiger partial charge in [-0.15, -0.1) is 22.7 Å². The zero-order valence-electron chi connectivity index (χ0n) is 17.1. The summed E-state index contributed by atoms with van der Waals surface area (Å²) in [4.78, 5) is 41.4. The van der Waals surface area contributed by atoms with Gasteiger partial charge in [0.2, 0.25) is 5.91 Å². The second-order valence-corrected chi connectivity index (χ2v) is 9.70. The minimum atomic E-state index is -0.573. The molecule has 1 atom stereocenters. The van der Waals surface area contributed by atoms with Crippen LogP contribution in [0.1, 0.15) is 37.7 Å². The van der Waals surface area contributed by atoms with E-state index in [4.69, 9.17) is 5.73 Å². The number of carbonyl (C=O) groups is 3. The number of hydrogen-bond donors (Lipinski definition) is 2. The number of benzene rings is 1. The van der Waals surface area contributed by atoms with Crippen molar-refractivity contribution in [1.29, 1.82) is 0 Å². The van der Waals surface area contributed by atoms with Crippen molar-refractivity contribution in [2.24, 2.45) is 11.7 Å². The molecule has 1 aliphatic heterocycles. The minimum Gasteiger partial charge on any atom is -0.365 e. The van der Waals surface area contributed by atoms with Gasteiger partial charge in [0.1, 0.15) is 5.00 Å². The lowest BCUT2D eigenvalue weighted by molar-refractivity contribution is -0.121. The Balaban J connectivity index is 1.54. The SMILES string of the molecule is Cc1sc(NC(=O)C2CCCN(C(=O)c3cccs3)C2)c(C(N)=O)c1-c1ccccc1. The van der Waals surface area contributed by atoms with E-state index < -0.39 is 5.91 Å². The molecule has 1 saturated heterocycles. The Bertz CT molecular complexity index is 1110. The van der Waals surface area contributed by atoms with Crippen molar-refractivity contribution in [2.45, 2.75) is 19.8 Å². The summed E-state index contributed by atoms with van der Waals surface area (Å²) in [7, 11) is 0. The van der Waals surface area contributed by atoms with Crippen LogP contribution in [0.15, 0.2) is 47.8 Å². The van der Waals surface area contributed by atoms with Crippen LogP contribution in [0.25, 0.3) is 11.1 Å². The maximum Gasteiger partial charge on any atom is 0.263 e. The predicted molar refractivity (Wildman–Crippen MR) is 125 cm³/mol. The number of primary amides is 1. The van der Waals surface area contributed by atoms with Crippen LogP contribution >= 0.6 is 22.7 Å². The van der Waals surface area contributed by atoms with Gasteiger partial charge in [0.25, 0.3) is 11.8 Å². The Hall–Kier alpha value is -2.97. The first-order chi connectivity index (χ1) is 15.0. The molecule has 6 nitrogen and oxygen atoms in total. The number of rotatable bonds is 5. The smallest absolute Gasteiger partial charge is 0.263 e. The number of nitrogens with one attached hydrogen (secondary N) is 1. The molecule has 3 heterocycles. The number of aryl methyl sites for hydroxylation is 1. The molecule has 0 bridgehead atoms. The van der Waals surface area contributed by atoms with Crippen molar-refractivity contribution in [2.75, 3.05) is 18.4 Å². The van der Waals surface area contributed by atoms with Gasteiger partial charge < -0.3 is 16.0 Å². The van der Waals surface area contributed by atoms with E-state index in [1.165, 1.54) is 22.7 Å². The number of carbonyl (C=O) groups excluding carboxylic acids is 3. The zero-order valence-corrected chi connectivity index (χ0v) is 18.7. The van der Waals surface area contributed by atoms with E-state index in [9.17, 15) is 14.4 Å². The molecule has 160 valence electrons. The van der Waals surface area contributed by atoms with Gasteiger partial charge in [-0.1, -0.05) is 36.4 Å². The van der Waals surface area contributed by atoms with Gasteiger partial charge in [0.15, 0.2) is 0 Å². The van der Waals surface area contributed by atoms with Crippen LogP contribution in [0.4, 0.5) is 5.00 Å². The van der Waals surface area contributed by atoms with Crippen molar-refractivity contribution in [3.8, 4) is 11.1 Å². The van der Waals surface area contributed by atoms with E-state index in [0.29, 0.717) is 35.0 Å². The van der Waals surface area contributed by atoms with Crippen LogP contribution in [0.5, 0.6) is 0 Å². The van der Waals surface area contributed by atoms with E-state index in [1.54, 1.807) is 11.0 Å². The van der Waals surface area contributed by atoms with Gasteiger partial charge in [-0.25, -0.2) is 0 Å². The van der Waals surface area contributed by atoms with Gasteiger partial charge >= 0.3 is 0 Å². The first-order valence-corrected chi connectivity index (χ1v) is 11.8. The third kappa shape index (κ3) is 4.40. The number of nitrogens with zero attached hydrogens (tertiary/aromatic N) is 1. The molecule has 1 aliphatic rings. The number of piperidine rings is 1. The molecule has 0 radical (unpaired) electrons. The highest BCUT2D eigenvalue weighted by molar-refractivity contribution is 7.17. The summed E-state index contributed by atoms with van der Waals surface area (Å²) >= 11 is 2.75. The Kier molecular flexibility index (Phi) is 6.20. The van der Waals surface area contributed by atoms with E-state index in [-0.39, 0.29) is 17.7 Å². The number of thiophene rings is 2. The molecule has 3 aromatic rings. The van der Waals surface area contributed by atoms with Crippen LogP contribution in [0.2, 0.25) is 0 Å². The molecule has 8 heteroatoms. The fraction of sp³-hybridized carbons (Fsp3) is 0.261. The zero-order chi connectivity index (χ0) is 22.0. The molecule has 1 unspecified atom stereocenters. The lowest BCUT2D eigenvalue weighted by Crippen LogP contribution is -2.43. The summed E-state index contributed by atoms with van der Waals surface area (Å²) in [6, 6.07) is 13.2. The molecular weight excluding hydrogens is 430 g/mol. The monoisotopic (exact) mass is 453 g/mol. The van der Waals surface area contributed by atoms with Crippen LogP contribution in [0.3, 0.4) is 0 Å². The average molecular weight is 454 g/mol. The Morgan fingerprint density at radius 1 is 1.13 bits per heavy atom. The van der Waals surface area contributed by atoms with Gasteiger partial charge in [0.05, 0.1) is 16.4 Å². The quantitative estimate of drug-likeness (QED) is 0.601. The standard InChI is InChI=1S/C23H23N3O3S2/c1-14-18(15-7-3-2-4-8-15)19(20(24)27)22(31-14)25-21(28)16-9-5-11-26(13-16)23(29)17-10-6-12-30-17/h2-4,6-8,10,12,16H,5,9,11,13H2,1H3,(H2,24,27)(H,25,28). The average Bonchev–Trinajstić information content (AvgIpc) is 3.42. The number of likely N-dealkylation sites (tertiary alicyclic amines) is 1. The summed E-state index contributed by atoms with van der Waals surface area (Å²) in [6.45, 7) is 2.92. The highest BCUT2D eigenvalue weighted by atomic mass is 32.1. The molecule has 2 aromatic heterocycles. The lowest BCUT2D eigenvalue weighted by atomic mass is 9.96. The molecule has 0 spiro atoms. The summed E-state index contributed by atoms with van der Waals surface area (Å²) in [5, 5.41) is 5.27. The predicted octanol–water partition coefficient (Wildman–Crippen LogP) is 4.37. The molecule has 0 aliphatic carbocycles. The van der Waals surface area contributed by atoms with Gasteiger partial charge in [-0.2, -0.15) is 0 Å². The molecule has 4 rings (SSSR count). The molecule has 1 fully saturated rings. The molecular formula is C23H23N3O3S2. The van der Waals surface area contributed by atoms with E-state index in [0.717, 1.165) is 22.4 Å². The van der Waals surface area contributed by atoms with Crippen LogP contribution in [0, 0.1) is 12.8 Å². The summed E-state index contributed by atoms with van der Waals surface area (Å²) < 4.78 is 0. The molecule has 3 N–H and O–H groups in total. The van der Waals surface area contributed by atoms with Crippen molar-refractivity contribution in [1.82, 2.24) is 4.90 Å². The van der Waals surface area contributed by atoms with Gasteiger partial charge in [0, 0.05) is 23.5 Å². The Labute approximate surface area is 188 Å². The normalized spacial score (nSPS) is 16.2. The van der Waals surface area contributed by atoms with Crippen LogP contribution in [-0.2, 0) is 4.79 Å². The summed E-state index contributed by atoms with van der Waals surface area (Å²) in [5.74, 6) is -1.13. The molecule has 1 aromatic carbocycles. The van der Waals surface area contributed by atoms with Crippen molar-refractivity contribution >= 4 is 45.4 Å².